The van der Waals surface area contributed by atoms with Gasteiger partial charge in [0.2, 0.25) is 0 Å². The molecule has 0 bridgehead atoms. The van der Waals surface area contributed by atoms with Crippen LogP contribution in [0, 0.1) is 5.82 Å². The van der Waals surface area contributed by atoms with Crippen molar-refractivity contribution in [1.82, 2.24) is 29.4 Å². The minimum atomic E-state index is -0.321. The molecule has 0 aliphatic rings. The van der Waals surface area contributed by atoms with E-state index < -0.39 is 0 Å². The Bertz CT molecular complexity index is 938. The monoisotopic (exact) mass is 268 g/mol. The van der Waals surface area contributed by atoms with Crippen molar-refractivity contribution in [1.29, 1.82) is 0 Å². The highest BCUT2D eigenvalue weighted by Gasteiger charge is 2.11. The minimum Gasteiger partial charge on any atom is -0.275 e. The third-order valence-corrected chi connectivity index (χ3v) is 3.10. The Morgan fingerprint density at radius 3 is 2.95 bits per heavy atom. The molecule has 0 fully saturated rings. The van der Waals surface area contributed by atoms with E-state index in [9.17, 15) is 4.39 Å². The zero-order valence-corrected chi connectivity index (χ0v) is 10.5. The average molecular weight is 268 g/mol. The van der Waals surface area contributed by atoms with Crippen molar-refractivity contribution in [3.63, 3.8) is 0 Å². The van der Waals surface area contributed by atoms with Gasteiger partial charge in [0.05, 0.1) is 17.3 Å². The Kier molecular flexibility index (Phi) is 2.11. The van der Waals surface area contributed by atoms with Gasteiger partial charge in [0.1, 0.15) is 12.1 Å². The van der Waals surface area contributed by atoms with Gasteiger partial charge in [-0.05, 0) is 18.2 Å². The minimum absolute atomic E-state index is 0.321. The van der Waals surface area contributed by atoms with Gasteiger partial charge in [-0.1, -0.05) is 0 Å². The summed E-state index contributed by atoms with van der Waals surface area (Å²) in [4.78, 5) is 8.69. The molecule has 0 N–H and O–H groups in total. The summed E-state index contributed by atoms with van der Waals surface area (Å²) < 4.78 is 16.6. The normalized spacial score (nSPS) is 11.5. The molecule has 0 amide bonds. The van der Waals surface area contributed by atoms with Gasteiger partial charge < -0.3 is 0 Å². The lowest BCUT2D eigenvalue weighted by atomic mass is 10.2. The van der Waals surface area contributed by atoms with Gasteiger partial charge in [-0.2, -0.15) is 5.10 Å². The number of benzene rings is 1. The fraction of sp³-hybridized carbons (Fsp3) is 0.0769. The van der Waals surface area contributed by atoms with Crippen LogP contribution in [0.1, 0.15) is 0 Å². The predicted molar refractivity (Wildman–Crippen MR) is 70.4 cm³/mol. The van der Waals surface area contributed by atoms with Gasteiger partial charge in [0.25, 0.3) is 0 Å². The Hall–Kier alpha value is -2.83. The van der Waals surface area contributed by atoms with Crippen LogP contribution in [0.5, 0.6) is 0 Å². The largest absolute Gasteiger partial charge is 0.275 e. The Morgan fingerprint density at radius 1 is 1.25 bits per heavy atom. The van der Waals surface area contributed by atoms with Crippen molar-refractivity contribution in [2.24, 2.45) is 7.05 Å². The zero-order chi connectivity index (χ0) is 13.7. The molecule has 0 spiro atoms. The number of aromatic nitrogens is 6. The second-order valence-electron chi connectivity index (χ2n) is 4.51. The van der Waals surface area contributed by atoms with Crippen LogP contribution in [0.3, 0.4) is 0 Å². The van der Waals surface area contributed by atoms with E-state index in [2.05, 4.69) is 20.2 Å². The first-order valence-electron chi connectivity index (χ1n) is 6.00. The molecule has 0 radical (unpaired) electrons. The third kappa shape index (κ3) is 1.56. The molecule has 4 rings (SSSR count). The summed E-state index contributed by atoms with van der Waals surface area (Å²) in [6.45, 7) is 0. The third-order valence-electron chi connectivity index (χ3n) is 3.10. The number of halogens is 1. The summed E-state index contributed by atoms with van der Waals surface area (Å²) in [7, 11) is 1.83. The van der Waals surface area contributed by atoms with Crippen molar-refractivity contribution in [3.8, 4) is 11.4 Å². The highest BCUT2D eigenvalue weighted by atomic mass is 19.1. The van der Waals surface area contributed by atoms with Gasteiger partial charge in [-0.15, -0.1) is 5.10 Å². The lowest BCUT2D eigenvalue weighted by Gasteiger charge is -1.97. The SMILES string of the molecule is Cn1cc(-c2nc3c4cc(F)ccc4ncn3n2)cn1. The van der Waals surface area contributed by atoms with E-state index in [0.717, 1.165) is 5.56 Å². The first kappa shape index (κ1) is 11.0. The summed E-state index contributed by atoms with van der Waals surface area (Å²) in [6.07, 6.45) is 5.08. The number of aryl methyl sites for hydroxylation is 1. The van der Waals surface area contributed by atoms with Crippen LogP contribution in [0.4, 0.5) is 4.39 Å². The Morgan fingerprint density at radius 2 is 2.15 bits per heavy atom. The van der Waals surface area contributed by atoms with Crippen LogP contribution >= 0.6 is 0 Å². The van der Waals surface area contributed by atoms with E-state index in [1.807, 2.05) is 13.2 Å². The molecule has 0 aliphatic heterocycles. The maximum absolute atomic E-state index is 13.4. The highest BCUT2D eigenvalue weighted by Crippen LogP contribution is 2.21. The molecule has 3 aromatic heterocycles. The average Bonchev–Trinajstić information content (AvgIpc) is 3.04. The van der Waals surface area contributed by atoms with Crippen molar-refractivity contribution in [3.05, 3.63) is 42.7 Å². The number of hydrogen-bond donors (Lipinski definition) is 0. The first-order valence-corrected chi connectivity index (χ1v) is 6.00. The second kappa shape index (κ2) is 3.83. The lowest BCUT2D eigenvalue weighted by Crippen LogP contribution is -1.91. The molecule has 6 nitrogen and oxygen atoms in total. The van der Waals surface area contributed by atoms with Gasteiger partial charge in [0.15, 0.2) is 11.5 Å². The zero-order valence-electron chi connectivity index (χ0n) is 10.5. The quantitative estimate of drug-likeness (QED) is 0.528. The molecular formula is C13H9FN6. The molecule has 0 saturated heterocycles. The van der Waals surface area contributed by atoms with Gasteiger partial charge in [-0.3, -0.25) is 4.68 Å². The molecule has 0 unspecified atom stereocenters. The molecule has 0 saturated carbocycles. The molecule has 7 heteroatoms. The highest BCUT2D eigenvalue weighted by molar-refractivity contribution is 5.91. The first-order chi connectivity index (χ1) is 9.70. The number of fused-ring (bicyclic) bond motifs is 3. The molecule has 0 aliphatic carbocycles. The predicted octanol–water partition coefficient (Wildman–Crippen LogP) is 1.82. The topological polar surface area (TPSA) is 60.9 Å². The summed E-state index contributed by atoms with van der Waals surface area (Å²) in [6, 6.07) is 4.42. The smallest absolute Gasteiger partial charge is 0.185 e. The summed E-state index contributed by atoms with van der Waals surface area (Å²) >= 11 is 0. The fourth-order valence-corrected chi connectivity index (χ4v) is 2.16. The van der Waals surface area contributed by atoms with E-state index >= 15 is 0 Å². The van der Waals surface area contributed by atoms with Crippen LogP contribution in [0.2, 0.25) is 0 Å². The lowest BCUT2D eigenvalue weighted by molar-refractivity contribution is 0.629. The molecule has 1 aromatic carbocycles. The van der Waals surface area contributed by atoms with Gasteiger partial charge in [0, 0.05) is 18.6 Å². The van der Waals surface area contributed by atoms with E-state index in [4.69, 9.17) is 0 Å². The Labute approximate surface area is 112 Å². The van der Waals surface area contributed by atoms with Gasteiger partial charge >= 0.3 is 0 Å². The van der Waals surface area contributed by atoms with Crippen LogP contribution in [-0.4, -0.2) is 29.4 Å². The molecule has 98 valence electrons. The van der Waals surface area contributed by atoms with Crippen molar-refractivity contribution >= 4 is 16.6 Å². The molecule has 4 aromatic rings. The van der Waals surface area contributed by atoms with E-state index in [0.29, 0.717) is 22.4 Å². The number of rotatable bonds is 1. The standard InChI is InChI=1S/C13H9FN6/c1-19-6-8(5-16-19)12-17-13-10-4-9(14)2-3-11(10)15-7-20(13)18-12/h2-7H,1H3. The number of nitrogens with zero attached hydrogens (tertiary/aromatic N) is 6. The van der Waals surface area contributed by atoms with E-state index in [1.54, 1.807) is 27.8 Å². The summed E-state index contributed by atoms with van der Waals surface area (Å²) in [5.74, 6) is 0.218. The van der Waals surface area contributed by atoms with Crippen molar-refractivity contribution in [2.45, 2.75) is 0 Å². The van der Waals surface area contributed by atoms with Crippen molar-refractivity contribution in [2.75, 3.05) is 0 Å². The van der Waals surface area contributed by atoms with Crippen LogP contribution in [-0.2, 0) is 7.05 Å². The summed E-state index contributed by atoms with van der Waals surface area (Å²) in [5.41, 5.74) is 2.07. The second-order valence-corrected chi connectivity index (χ2v) is 4.51. The summed E-state index contributed by atoms with van der Waals surface area (Å²) in [5, 5.41) is 9.07. The molecule has 3 heterocycles. The van der Waals surface area contributed by atoms with Crippen LogP contribution in [0.25, 0.3) is 27.9 Å². The molecule has 0 atom stereocenters. The van der Waals surface area contributed by atoms with Crippen molar-refractivity contribution < 1.29 is 4.39 Å². The van der Waals surface area contributed by atoms with E-state index in [-0.39, 0.29) is 5.82 Å². The van der Waals surface area contributed by atoms with E-state index in [1.165, 1.54) is 12.1 Å². The van der Waals surface area contributed by atoms with Crippen LogP contribution in [0.15, 0.2) is 36.9 Å². The van der Waals surface area contributed by atoms with Crippen LogP contribution < -0.4 is 0 Å². The van der Waals surface area contributed by atoms with Gasteiger partial charge in [-0.25, -0.2) is 18.9 Å². The maximum Gasteiger partial charge on any atom is 0.185 e. The fourth-order valence-electron chi connectivity index (χ4n) is 2.16. The number of hydrogen-bond acceptors (Lipinski definition) is 4. The molecular weight excluding hydrogens is 259 g/mol. The molecule has 20 heavy (non-hydrogen) atoms. The maximum atomic E-state index is 13.4. The Balaban J connectivity index is 2.03.